The first-order valence-corrected chi connectivity index (χ1v) is 12.3. The second-order valence-electron chi connectivity index (χ2n) is 8.09. The maximum Gasteiger partial charge on any atom is 0.253 e. The molecule has 3 heterocycles. The Morgan fingerprint density at radius 1 is 1.06 bits per heavy atom. The number of pyridine rings is 1. The van der Waals surface area contributed by atoms with Gasteiger partial charge in [0.15, 0.2) is 0 Å². The lowest BCUT2D eigenvalue weighted by atomic mass is 9.94. The van der Waals surface area contributed by atoms with Crippen LogP contribution in [0.25, 0.3) is 5.65 Å². The number of amides is 2. The summed E-state index contributed by atoms with van der Waals surface area (Å²) in [5.41, 5.74) is 2.69. The summed E-state index contributed by atoms with van der Waals surface area (Å²) >= 11 is 1.71. The van der Waals surface area contributed by atoms with Gasteiger partial charge in [0.1, 0.15) is 5.65 Å². The van der Waals surface area contributed by atoms with Gasteiger partial charge < -0.3 is 14.2 Å². The molecule has 0 radical (unpaired) electrons. The first-order valence-electron chi connectivity index (χ1n) is 11.3. The van der Waals surface area contributed by atoms with Gasteiger partial charge in [0.05, 0.1) is 5.69 Å². The summed E-state index contributed by atoms with van der Waals surface area (Å²) in [6.07, 6.45) is 5.54. The van der Waals surface area contributed by atoms with E-state index in [0.29, 0.717) is 18.7 Å². The largest absolute Gasteiger partial charge is 0.343 e. The van der Waals surface area contributed by atoms with Crippen LogP contribution in [0.3, 0.4) is 0 Å². The Balaban J connectivity index is 1.30. The van der Waals surface area contributed by atoms with Crippen molar-refractivity contribution >= 4 is 29.2 Å². The van der Waals surface area contributed by atoms with Crippen LogP contribution in [0.15, 0.2) is 59.8 Å². The third-order valence-electron chi connectivity index (χ3n) is 6.11. The average molecular weight is 451 g/mol. The molecule has 0 atom stereocenters. The van der Waals surface area contributed by atoms with E-state index in [0.717, 1.165) is 47.9 Å². The molecule has 0 bridgehead atoms. The molecule has 4 rings (SSSR count). The molecule has 3 aromatic rings. The van der Waals surface area contributed by atoms with E-state index in [1.807, 2.05) is 76.7 Å². The van der Waals surface area contributed by atoms with Crippen LogP contribution >= 0.6 is 11.8 Å². The molecule has 7 heteroatoms. The quantitative estimate of drug-likeness (QED) is 0.502. The summed E-state index contributed by atoms with van der Waals surface area (Å²) in [5.74, 6) is 1.10. The van der Waals surface area contributed by atoms with Gasteiger partial charge in [-0.1, -0.05) is 6.07 Å². The van der Waals surface area contributed by atoms with E-state index in [-0.39, 0.29) is 17.7 Å². The van der Waals surface area contributed by atoms with Gasteiger partial charge in [-0.25, -0.2) is 4.98 Å². The van der Waals surface area contributed by atoms with Crippen molar-refractivity contribution in [1.82, 2.24) is 19.2 Å². The Labute approximate surface area is 193 Å². The Kier molecular flexibility index (Phi) is 7.15. The number of fused-ring (bicyclic) bond motifs is 1. The van der Waals surface area contributed by atoms with E-state index >= 15 is 0 Å². The minimum absolute atomic E-state index is 0.0392. The Morgan fingerprint density at radius 3 is 2.44 bits per heavy atom. The van der Waals surface area contributed by atoms with Gasteiger partial charge in [0.25, 0.3) is 5.91 Å². The SMILES string of the molecule is CCN(CC)C(=O)C1CCN(C(=O)c2ccc(SCc3cn4ccccc4n3)cc2)CC1. The fraction of sp³-hybridized carbons (Fsp3) is 0.400. The second kappa shape index (κ2) is 10.2. The molecular formula is C25H30N4O2S. The minimum atomic E-state index is 0.0392. The maximum atomic E-state index is 12.9. The van der Waals surface area contributed by atoms with Crippen LogP contribution in [0.4, 0.5) is 0 Å². The van der Waals surface area contributed by atoms with E-state index in [1.54, 1.807) is 11.8 Å². The number of thioether (sulfide) groups is 1. The number of hydrogen-bond donors (Lipinski definition) is 0. The molecule has 1 aromatic carbocycles. The van der Waals surface area contributed by atoms with Crippen molar-refractivity contribution in [1.29, 1.82) is 0 Å². The van der Waals surface area contributed by atoms with Gasteiger partial charge in [-0.3, -0.25) is 9.59 Å². The van der Waals surface area contributed by atoms with Crippen molar-refractivity contribution in [3.63, 3.8) is 0 Å². The molecule has 32 heavy (non-hydrogen) atoms. The third-order valence-corrected chi connectivity index (χ3v) is 7.15. The summed E-state index contributed by atoms with van der Waals surface area (Å²) in [5, 5.41) is 0. The van der Waals surface area contributed by atoms with Crippen LogP contribution in [-0.2, 0) is 10.5 Å². The van der Waals surface area contributed by atoms with Gasteiger partial charge in [0.2, 0.25) is 5.91 Å². The number of carbonyl (C=O) groups is 2. The van der Waals surface area contributed by atoms with E-state index in [1.165, 1.54) is 0 Å². The first-order chi connectivity index (χ1) is 15.6. The summed E-state index contributed by atoms with van der Waals surface area (Å²) in [6.45, 7) is 6.80. The first kappa shape index (κ1) is 22.4. The second-order valence-corrected chi connectivity index (χ2v) is 9.14. The van der Waals surface area contributed by atoms with Crippen LogP contribution in [0.1, 0.15) is 42.7 Å². The van der Waals surface area contributed by atoms with Crippen LogP contribution in [0.2, 0.25) is 0 Å². The molecule has 1 saturated heterocycles. The molecule has 0 unspecified atom stereocenters. The van der Waals surface area contributed by atoms with E-state index < -0.39 is 0 Å². The summed E-state index contributed by atoms with van der Waals surface area (Å²) in [4.78, 5) is 35.0. The predicted molar refractivity (Wildman–Crippen MR) is 128 cm³/mol. The fourth-order valence-corrected chi connectivity index (χ4v) is 5.00. The minimum Gasteiger partial charge on any atom is -0.343 e. The number of benzene rings is 1. The molecule has 0 spiro atoms. The normalized spacial score (nSPS) is 14.6. The monoisotopic (exact) mass is 450 g/mol. The topological polar surface area (TPSA) is 57.9 Å². The number of likely N-dealkylation sites (tertiary alicyclic amines) is 1. The number of nitrogens with zero attached hydrogens (tertiary/aromatic N) is 4. The van der Waals surface area contributed by atoms with Gasteiger partial charge >= 0.3 is 0 Å². The number of aromatic nitrogens is 2. The van der Waals surface area contributed by atoms with Gasteiger partial charge in [0, 0.05) is 60.7 Å². The van der Waals surface area contributed by atoms with Gasteiger partial charge in [-0.15, -0.1) is 11.8 Å². The highest BCUT2D eigenvalue weighted by Gasteiger charge is 2.29. The molecule has 1 fully saturated rings. The molecular weight excluding hydrogens is 420 g/mol. The van der Waals surface area contributed by atoms with Crippen molar-refractivity contribution in [2.24, 2.45) is 5.92 Å². The fourth-order valence-electron chi connectivity index (χ4n) is 4.21. The number of imidazole rings is 1. The Morgan fingerprint density at radius 2 is 1.78 bits per heavy atom. The van der Waals surface area contributed by atoms with Crippen molar-refractivity contribution in [2.45, 2.75) is 37.3 Å². The molecule has 2 amide bonds. The van der Waals surface area contributed by atoms with Gasteiger partial charge in [-0.05, 0) is 63.1 Å². The number of hydrogen-bond acceptors (Lipinski definition) is 4. The average Bonchev–Trinajstić information content (AvgIpc) is 3.26. The van der Waals surface area contributed by atoms with Gasteiger partial charge in [-0.2, -0.15) is 0 Å². The Bertz CT molecular complexity index is 1030. The zero-order valence-electron chi connectivity index (χ0n) is 18.7. The molecule has 0 aliphatic carbocycles. The maximum absolute atomic E-state index is 12.9. The van der Waals surface area contributed by atoms with E-state index in [2.05, 4.69) is 11.2 Å². The summed E-state index contributed by atoms with van der Waals surface area (Å²) < 4.78 is 2.02. The summed E-state index contributed by atoms with van der Waals surface area (Å²) in [7, 11) is 0. The van der Waals surface area contributed by atoms with Crippen LogP contribution < -0.4 is 0 Å². The van der Waals surface area contributed by atoms with Crippen LogP contribution in [-0.4, -0.2) is 57.2 Å². The molecule has 168 valence electrons. The number of carbonyl (C=O) groups excluding carboxylic acids is 2. The zero-order chi connectivity index (χ0) is 22.5. The van der Waals surface area contributed by atoms with Crippen molar-refractivity contribution in [2.75, 3.05) is 26.2 Å². The van der Waals surface area contributed by atoms with Crippen molar-refractivity contribution in [3.8, 4) is 0 Å². The standard InChI is InChI=1S/C25H30N4O2S/c1-3-27(4-2)24(30)20-12-15-28(16-13-20)25(31)19-8-10-22(11-9-19)32-18-21-17-29-14-6-5-7-23(29)26-21/h5-11,14,17,20H,3-4,12-13,15-16,18H2,1-2H3. The highest BCUT2D eigenvalue weighted by molar-refractivity contribution is 7.98. The van der Waals surface area contributed by atoms with E-state index in [4.69, 9.17) is 0 Å². The zero-order valence-corrected chi connectivity index (χ0v) is 19.6. The highest BCUT2D eigenvalue weighted by atomic mass is 32.2. The molecule has 0 saturated carbocycles. The predicted octanol–water partition coefficient (Wildman–Crippen LogP) is 4.35. The van der Waals surface area contributed by atoms with E-state index in [9.17, 15) is 9.59 Å². The van der Waals surface area contributed by atoms with Crippen molar-refractivity contribution < 1.29 is 9.59 Å². The van der Waals surface area contributed by atoms with Crippen LogP contribution in [0, 0.1) is 5.92 Å². The lowest BCUT2D eigenvalue weighted by molar-refractivity contribution is -0.136. The highest BCUT2D eigenvalue weighted by Crippen LogP contribution is 2.25. The third kappa shape index (κ3) is 4.99. The lowest BCUT2D eigenvalue weighted by Crippen LogP contribution is -2.44. The number of piperidine rings is 1. The lowest BCUT2D eigenvalue weighted by Gasteiger charge is -2.33. The molecule has 2 aromatic heterocycles. The van der Waals surface area contributed by atoms with Crippen LogP contribution in [0.5, 0.6) is 0 Å². The molecule has 1 aliphatic heterocycles. The number of rotatable bonds is 7. The molecule has 0 N–H and O–H groups in total. The van der Waals surface area contributed by atoms with Crippen molar-refractivity contribution in [3.05, 3.63) is 66.1 Å². The smallest absolute Gasteiger partial charge is 0.253 e. The molecule has 6 nitrogen and oxygen atoms in total. The summed E-state index contributed by atoms with van der Waals surface area (Å²) in [6, 6.07) is 13.8. The Hall–Kier alpha value is -2.80. The molecule has 1 aliphatic rings.